The van der Waals surface area contributed by atoms with Gasteiger partial charge in [0.2, 0.25) is 5.91 Å². The van der Waals surface area contributed by atoms with Crippen LogP contribution in [0.3, 0.4) is 0 Å². The molecule has 0 fully saturated rings. The van der Waals surface area contributed by atoms with Crippen LogP contribution in [0.2, 0.25) is 0 Å². The molecule has 2 amide bonds. The van der Waals surface area contributed by atoms with Gasteiger partial charge in [-0.2, -0.15) is 0 Å². The fourth-order valence-electron chi connectivity index (χ4n) is 3.08. The predicted octanol–water partition coefficient (Wildman–Crippen LogP) is 2.73. The van der Waals surface area contributed by atoms with Crippen LogP contribution in [0.1, 0.15) is 27.7 Å². The molecule has 1 aromatic carbocycles. The lowest BCUT2D eigenvalue weighted by Gasteiger charge is -2.18. The second kappa shape index (κ2) is 7.27. The van der Waals surface area contributed by atoms with Crippen LogP contribution >= 0.6 is 11.3 Å². The van der Waals surface area contributed by atoms with E-state index in [1.807, 2.05) is 19.1 Å². The van der Waals surface area contributed by atoms with Gasteiger partial charge in [-0.1, -0.05) is 0 Å². The first-order valence-corrected chi connectivity index (χ1v) is 9.18. The predicted molar refractivity (Wildman–Crippen MR) is 99.4 cm³/mol. The molecule has 0 saturated carbocycles. The summed E-state index contributed by atoms with van der Waals surface area (Å²) in [5.41, 5.74) is 3.65. The molecule has 132 valence electrons. The smallest absolute Gasteiger partial charge is 0.264 e. The number of hydrogen-bond acceptors (Lipinski definition) is 4. The molecule has 25 heavy (non-hydrogen) atoms. The van der Waals surface area contributed by atoms with Crippen LogP contribution < -0.4 is 10.1 Å². The largest absolute Gasteiger partial charge is 0.497 e. The molecule has 0 bridgehead atoms. The lowest BCUT2D eigenvalue weighted by molar-refractivity contribution is -0.121. The summed E-state index contributed by atoms with van der Waals surface area (Å²) in [5.74, 6) is 0.618. The van der Waals surface area contributed by atoms with Crippen molar-refractivity contribution in [1.82, 2.24) is 10.2 Å². The van der Waals surface area contributed by atoms with Crippen molar-refractivity contribution in [2.24, 2.45) is 0 Å². The number of aryl methyl sites for hydroxylation is 2. The summed E-state index contributed by atoms with van der Waals surface area (Å²) in [6.45, 7) is 2.47. The standard InChI is InChI=1S/C19H22N2O3S/c1-4-21(11-17(22)20-2)19(23)16-10-13-6-5-12-9-14(24-3)7-8-15(12)18(13)25-16/h7-10H,4-6,11H2,1-3H3,(H,20,22). The number of likely N-dealkylation sites (N-methyl/N-ethyl adjacent to an activating group) is 2. The summed E-state index contributed by atoms with van der Waals surface area (Å²) in [6.07, 6.45) is 1.86. The Balaban J connectivity index is 1.90. The van der Waals surface area contributed by atoms with E-state index in [-0.39, 0.29) is 18.4 Å². The lowest BCUT2D eigenvalue weighted by atomic mass is 9.91. The SMILES string of the molecule is CCN(CC(=O)NC)C(=O)c1cc2c(s1)-c1ccc(OC)cc1CC2. The van der Waals surface area contributed by atoms with E-state index in [1.165, 1.54) is 28.0 Å². The molecule has 5 nitrogen and oxygen atoms in total. The highest BCUT2D eigenvalue weighted by atomic mass is 32.1. The number of nitrogens with one attached hydrogen (secondary N) is 1. The molecule has 0 unspecified atom stereocenters. The summed E-state index contributed by atoms with van der Waals surface area (Å²) >= 11 is 1.51. The highest BCUT2D eigenvalue weighted by Crippen LogP contribution is 2.41. The third-order valence-corrected chi connectivity index (χ3v) is 5.72. The Morgan fingerprint density at radius 1 is 1.24 bits per heavy atom. The molecule has 1 aliphatic carbocycles. The Hall–Kier alpha value is -2.34. The van der Waals surface area contributed by atoms with Crippen LogP contribution in [0.15, 0.2) is 24.3 Å². The van der Waals surface area contributed by atoms with Crippen LogP contribution in [0.4, 0.5) is 0 Å². The molecular weight excluding hydrogens is 336 g/mol. The van der Waals surface area contributed by atoms with E-state index in [4.69, 9.17) is 4.74 Å². The Kier molecular flexibility index (Phi) is 5.08. The Morgan fingerprint density at radius 3 is 2.68 bits per heavy atom. The van der Waals surface area contributed by atoms with E-state index in [2.05, 4.69) is 17.4 Å². The average molecular weight is 358 g/mol. The molecule has 0 aliphatic heterocycles. The first-order chi connectivity index (χ1) is 12.1. The maximum absolute atomic E-state index is 12.8. The van der Waals surface area contributed by atoms with Gasteiger partial charge in [0.1, 0.15) is 5.75 Å². The number of carbonyl (C=O) groups excluding carboxylic acids is 2. The first-order valence-electron chi connectivity index (χ1n) is 8.37. The lowest BCUT2D eigenvalue weighted by Crippen LogP contribution is -2.39. The zero-order valence-corrected chi connectivity index (χ0v) is 15.5. The molecule has 1 aromatic heterocycles. The van der Waals surface area contributed by atoms with E-state index in [0.29, 0.717) is 11.4 Å². The molecule has 1 N–H and O–H groups in total. The number of nitrogens with zero attached hydrogens (tertiary/aromatic N) is 1. The molecule has 6 heteroatoms. The van der Waals surface area contributed by atoms with Crippen LogP contribution in [0, 0.1) is 0 Å². The Bertz CT molecular complexity index is 813. The van der Waals surface area contributed by atoms with Gasteiger partial charge in [-0.25, -0.2) is 0 Å². The number of ether oxygens (including phenoxy) is 1. The zero-order valence-electron chi connectivity index (χ0n) is 14.7. The van der Waals surface area contributed by atoms with Gasteiger partial charge in [0, 0.05) is 18.5 Å². The van der Waals surface area contributed by atoms with Crippen LogP contribution in [-0.4, -0.2) is 44.0 Å². The van der Waals surface area contributed by atoms with E-state index >= 15 is 0 Å². The fourth-order valence-corrected chi connectivity index (χ4v) is 4.32. The molecule has 0 atom stereocenters. The summed E-state index contributed by atoms with van der Waals surface area (Å²) in [4.78, 5) is 27.8. The topological polar surface area (TPSA) is 58.6 Å². The highest BCUT2D eigenvalue weighted by molar-refractivity contribution is 7.17. The van der Waals surface area contributed by atoms with Gasteiger partial charge in [-0.15, -0.1) is 11.3 Å². The molecule has 0 radical (unpaired) electrons. The van der Waals surface area contributed by atoms with Crippen LogP contribution in [0.25, 0.3) is 10.4 Å². The molecule has 1 heterocycles. The number of methoxy groups -OCH3 is 1. The normalized spacial score (nSPS) is 12.1. The van der Waals surface area contributed by atoms with Crippen molar-refractivity contribution in [2.45, 2.75) is 19.8 Å². The van der Waals surface area contributed by atoms with Crippen molar-refractivity contribution >= 4 is 23.2 Å². The van der Waals surface area contributed by atoms with Crippen LogP contribution in [-0.2, 0) is 17.6 Å². The Morgan fingerprint density at radius 2 is 2.00 bits per heavy atom. The average Bonchev–Trinajstić information content (AvgIpc) is 3.09. The quantitative estimate of drug-likeness (QED) is 0.894. The van der Waals surface area contributed by atoms with E-state index in [0.717, 1.165) is 23.5 Å². The summed E-state index contributed by atoms with van der Waals surface area (Å²) in [6, 6.07) is 8.09. The maximum atomic E-state index is 12.8. The number of hydrogen-bond donors (Lipinski definition) is 1. The number of amides is 2. The van der Waals surface area contributed by atoms with Gasteiger partial charge in [-0.3, -0.25) is 9.59 Å². The first kappa shape index (κ1) is 17.5. The monoisotopic (exact) mass is 358 g/mol. The van der Waals surface area contributed by atoms with Crippen molar-refractivity contribution in [1.29, 1.82) is 0 Å². The van der Waals surface area contributed by atoms with Gasteiger partial charge in [0.25, 0.3) is 5.91 Å². The Labute approximate surface area is 151 Å². The number of rotatable bonds is 5. The van der Waals surface area contributed by atoms with Gasteiger partial charge in [-0.05, 0) is 60.7 Å². The van der Waals surface area contributed by atoms with Crippen molar-refractivity contribution in [3.63, 3.8) is 0 Å². The third-order valence-electron chi connectivity index (χ3n) is 4.52. The third kappa shape index (κ3) is 3.39. The number of benzene rings is 1. The highest BCUT2D eigenvalue weighted by Gasteiger charge is 2.24. The molecule has 0 saturated heterocycles. The summed E-state index contributed by atoms with van der Waals surface area (Å²) in [5, 5.41) is 2.57. The second-order valence-electron chi connectivity index (χ2n) is 5.98. The second-order valence-corrected chi connectivity index (χ2v) is 7.03. The number of carbonyl (C=O) groups is 2. The van der Waals surface area contributed by atoms with Gasteiger partial charge in [0.05, 0.1) is 18.5 Å². The van der Waals surface area contributed by atoms with E-state index in [1.54, 1.807) is 19.1 Å². The zero-order chi connectivity index (χ0) is 18.0. The summed E-state index contributed by atoms with van der Waals surface area (Å²) in [7, 11) is 3.25. The minimum atomic E-state index is -0.158. The van der Waals surface area contributed by atoms with Crippen LogP contribution in [0.5, 0.6) is 5.75 Å². The molecule has 2 aromatic rings. The number of fused-ring (bicyclic) bond motifs is 3. The van der Waals surface area contributed by atoms with Gasteiger partial charge >= 0.3 is 0 Å². The maximum Gasteiger partial charge on any atom is 0.264 e. The fraction of sp³-hybridized carbons (Fsp3) is 0.368. The molecule has 0 spiro atoms. The van der Waals surface area contributed by atoms with Crippen molar-refractivity contribution in [3.05, 3.63) is 40.3 Å². The summed E-state index contributed by atoms with van der Waals surface area (Å²) < 4.78 is 5.31. The van der Waals surface area contributed by atoms with Crippen molar-refractivity contribution < 1.29 is 14.3 Å². The minimum absolute atomic E-state index is 0.0828. The van der Waals surface area contributed by atoms with Gasteiger partial charge in [0.15, 0.2) is 0 Å². The van der Waals surface area contributed by atoms with Crippen molar-refractivity contribution in [2.75, 3.05) is 27.2 Å². The minimum Gasteiger partial charge on any atom is -0.497 e. The molecule has 3 rings (SSSR count). The number of thiophene rings is 1. The van der Waals surface area contributed by atoms with Gasteiger partial charge < -0.3 is 15.0 Å². The molecular formula is C19H22N2O3S. The van der Waals surface area contributed by atoms with Crippen molar-refractivity contribution in [3.8, 4) is 16.2 Å². The molecule has 1 aliphatic rings. The van der Waals surface area contributed by atoms with E-state index < -0.39 is 0 Å². The van der Waals surface area contributed by atoms with E-state index in [9.17, 15) is 9.59 Å².